The van der Waals surface area contributed by atoms with Crippen molar-refractivity contribution >= 4 is 12.2 Å². The van der Waals surface area contributed by atoms with Crippen LogP contribution in [-0.4, -0.2) is 0 Å². The van der Waals surface area contributed by atoms with E-state index in [2.05, 4.69) is 86.4 Å². The molecule has 2 aromatic rings. The van der Waals surface area contributed by atoms with Crippen LogP contribution in [0.1, 0.15) is 74.6 Å². The Morgan fingerprint density at radius 1 is 0.571 bits per heavy atom. The molecule has 0 heteroatoms. The largest absolute Gasteiger partial charge is 0.0702 e. The Labute approximate surface area is 172 Å². The number of allylic oxidation sites excluding steroid dienone is 2. The van der Waals surface area contributed by atoms with Crippen molar-refractivity contribution < 1.29 is 0 Å². The summed E-state index contributed by atoms with van der Waals surface area (Å²) in [6.07, 6.45) is 18.1. The normalized spacial score (nSPS) is 11.1. The van der Waals surface area contributed by atoms with Gasteiger partial charge in [0, 0.05) is 0 Å². The highest BCUT2D eigenvalue weighted by atomic mass is 14.0. The summed E-state index contributed by atoms with van der Waals surface area (Å²) in [4.78, 5) is 0. The lowest BCUT2D eigenvalue weighted by Crippen LogP contribution is -1.85. The van der Waals surface area contributed by atoms with Gasteiger partial charge in [-0.15, -0.1) is 0 Å². The van der Waals surface area contributed by atoms with Crippen molar-refractivity contribution in [3.63, 3.8) is 0 Å². The third-order valence-corrected chi connectivity index (χ3v) is 4.90. The van der Waals surface area contributed by atoms with Gasteiger partial charge in [-0.25, -0.2) is 0 Å². The van der Waals surface area contributed by atoms with Crippen molar-refractivity contribution in [2.45, 2.75) is 65.2 Å². The Hall–Kier alpha value is -2.52. The van der Waals surface area contributed by atoms with Crippen molar-refractivity contribution in [2.24, 2.45) is 0 Å². The molecule has 0 amide bonds. The minimum absolute atomic E-state index is 1.18. The molecule has 0 aliphatic heterocycles. The van der Waals surface area contributed by atoms with E-state index in [1.807, 2.05) is 12.2 Å². The van der Waals surface area contributed by atoms with Gasteiger partial charge in [0.15, 0.2) is 0 Å². The zero-order valence-electron chi connectivity index (χ0n) is 17.6. The molecule has 0 radical (unpaired) electrons. The number of aryl methyl sites for hydroxylation is 2. The maximum atomic E-state index is 3.09. The van der Waals surface area contributed by atoms with Crippen LogP contribution >= 0.6 is 0 Å². The summed E-state index contributed by atoms with van der Waals surface area (Å²) in [5.41, 5.74) is 5.26. The zero-order chi connectivity index (χ0) is 19.9. The minimum atomic E-state index is 1.18. The van der Waals surface area contributed by atoms with Gasteiger partial charge >= 0.3 is 0 Å². The smallest absolute Gasteiger partial charge is 0.0109 e. The number of benzene rings is 2. The van der Waals surface area contributed by atoms with E-state index in [4.69, 9.17) is 0 Å². The lowest BCUT2D eigenvalue weighted by atomic mass is 10.1. The summed E-state index contributed by atoms with van der Waals surface area (Å²) in [6, 6.07) is 17.6. The highest BCUT2D eigenvalue weighted by Gasteiger charge is 1.94. The molecule has 2 aromatic carbocycles. The monoisotopic (exact) mass is 370 g/mol. The maximum absolute atomic E-state index is 3.09. The van der Waals surface area contributed by atoms with Gasteiger partial charge in [0.1, 0.15) is 0 Å². The lowest BCUT2D eigenvalue weighted by molar-refractivity contribution is 0.717. The van der Waals surface area contributed by atoms with Crippen molar-refractivity contribution in [3.05, 3.63) is 82.9 Å². The van der Waals surface area contributed by atoms with E-state index in [-0.39, 0.29) is 0 Å². The van der Waals surface area contributed by atoms with Crippen LogP contribution in [0.4, 0.5) is 0 Å². The van der Waals surface area contributed by atoms with Crippen molar-refractivity contribution in [1.29, 1.82) is 0 Å². The maximum Gasteiger partial charge on any atom is -0.0109 e. The van der Waals surface area contributed by atoms with Crippen LogP contribution in [0.2, 0.25) is 0 Å². The molecular weight excluding hydrogens is 336 g/mol. The Bertz CT molecular complexity index is 709. The average Bonchev–Trinajstić information content (AvgIpc) is 2.73. The van der Waals surface area contributed by atoms with E-state index in [0.29, 0.717) is 0 Å². The van der Waals surface area contributed by atoms with Gasteiger partial charge in [-0.2, -0.15) is 0 Å². The number of hydrogen-bond donors (Lipinski definition) is 0. The SMILES string of the molecule is CCCCCc1ccc(/C=C/C#C/C=C/c2ccc(CCCCC)cc2)cc1. The predicted molar refractivity (Wildman–Crippen MR) is 125 cm³/mol. The van der Waals surface area contributed by atoms with Gasteiger partial charge in [-0.3, -0.25) is 0 Å². The van der Waals surface area contributed by atoms with Crippen molar-refractivity contribution in [2.75, 3.05) is 0 Å². The van der Waals surface area contributed by atoms with Gasteiger partial charge in [-0.05, 0) is 72.2 Å². The molecule has 0 nitrogen and oxygen atoms in total. The first-order valence-corrected chi connectivity index (χ1v) is 10.8. The summed E-state index contributed by atoms with van der Waals surface area (Å²) in [7, 11) is 0. The predicted octanol–water partition coefficient (Wildman–Crippen LogP) is 7.88. The molecule has 0 saturated carbocycles. The van der Waals surface area contributed by atoms with E-state index in [1.54, 1.807) is 0 Å². The fraction of sp³-hybridized carbons (Fsp3) is 0.357. The third kappa shape index (κ3) is 8.92. The minimum Gasteiger partial charge on any atom is -0.0702 e. The molecule has 0 N–H and O–H groups in total. The molecule has 28 heavy (non-hydrogen) atoms. The molecule has 0 fully saturated rings. The summed E-state index contributed by atoms with van der Waals surface area (Å²) >= 11 is 0. The summed E-state index contributed by atoms with van der Waals surface area (Å²) in [5, 5.41) is 0. The molecule has 2 rings (SSSR count). The molecule has 0 bridgehead atoms. The standard InChI is InChI=1S/C28H34/c1-3-5-9-13-25-17-21-27(22-18-25)15-11-7-8-12-16-28-23-19-26(20-24-28)14-10-6-4-2/h11-12,15-24H,3-6,9-10,13-14H2,1-2H3/b15-11+,16-12+. The second-order valence-electron chi connectivity index (χ2n) is 7.35. The van der Waals surface area contributed by atoms with Crippen LogP contribution < -0.4 is 0 Å². The summed E-state index contributed by atoms with van der Waals surface area (Å²) in [6.45, 7) is 4.49. The van der Waals surface area contributed by atoms with Gasteiger partial charge in [0.2, 0.25) is 0 Å². The Balaban J connectivity index is 1.77. The number of rotatable bonds is 10. The van der Waals surface area contributed by atoms with E-state index >= 15 is 0 Å². The Morgan fingerprint density at radius 3 is 1.32 bits per heavy atom. The van der Waals surface area contributed by atoms with Gasteiger partial charge in [-0.1, -0.05) is 99.9 Å². The second-order valence-corrected chi connectivity index (χ2v) is 7.35. The third-order valence-electron chi connectivity index (χ3n) is 4.90. The molecule has 0 spiro atoms. The number of hydrogen-bond acceptors (Lipinski definition) is 0. The van der Waals surface area contributed by atoms with Gasteiger partial charge in [0.05, 0.1) is 0 Å². The van der Waals surface area contributed by atoms with E-state index in [0.717, 1.165) is 0 Å². The molecule has 0 unspecified atom stereocenters. The molecule has 0 heterocycles. The van der Waals surface area contributed by atoms with Gasteiger partial charge < -0.3 is 0 Å². The van der Waals surface area contributed by atoms with E-state index in [9.17, 15) is 0 Å². The Kier molecular flexibility index (Phi) is 10.6. The van der Waals surface area contributed by atoms with Crippen LogP contribution in [0, 0.1) is 11.8 Å². The van der Waals surface area contributed by atoms with Crippen LogP contribution in [0.15, 0.2) is 60.7 Å². The van der Waals surface area contributed by atoms with Gasteiger partial charge in [0.25, 0.3) is 0 Å². The summed E-state index contributed by atoms with van der Waals surface area (Å²) < 4.78 is 0. The lowest BCUT2D eigenvalue weighted by Gasteiger charge is -2.01. The average molecular weight is 371 g/mol. The fourth-order valence-electron chi connectivity index (χ4n) is 3.12. The highest BCUT2D eigenvalue weighted by Crippen LogP contribution is 2.11. The topological polar surface area (TPSA) is 0 Å². The quantitative estimate of drug-likeness (QED) is 0.295. The van der Waals surface area contributed by atoms with Crippen LogP contribution in [0.3, 0.4) is 0 Å². The highest BCUT2D eigenvalue weighted by molar-refractivity contribution is 5.56. The Morgan fingerprint density at radius 2 is 0.964 bits per heavy atom. The molecule has 0 aliphatic rings. The zero-order valence-corrected chi connectivity index (χ0v) is 17.6. The molecule has 0 aromatic heterocycles. The van der Waals surface area contributed by atoms with E-state index < -0.39 is 0 Å². The first kappa shape index (κ1) is 21.8. The summed E-state index contributed by atoms with van der Waals surface area (Å²) in [5.74, 6) is 6.18. The second kappa shape index (κ2) is 13.6. The molecule has 0 aliphatic carbocycles. The number of unbranched alkanes of at least 4 members (excludes halogenated alkanes) is 4. The molecule has 0 saturated heterocycles. The van der Waals surface area contributed by atoms with Crippen LogP contribution in [0.5, 0.6) is 0 Å². The first-order chi connectivity index (χ1) is 13.8. The van der Waals surface area contributed by atoms with E-state index in [1.165, 1.54) is 73.6 Å². The molecular formula is C28H34. The molecule has 146 valence electrons. The fourth-order valence-corrected chi connectivity index (χ4v) is 3.12. The first-order valence-electron chi connectivity index (χ1n) is 10.8. The van der Waals surface area contributed by atoms with Crippen molar-refractivity contribution in [1.82, 2.24) is 0 Å². The van der Waals surface area contributed by atoms with Crippen LogP contribution in [-0.2, 0) is 12.8 Å². The molecule has 0 atom stereocenters. The van der Waals surface area contributed by atoms with Crippen LogP contribution in [0.25, 0.3) is 12.2 Å². The van der Waals surface area contributed by atoms with Crippen molar-refractivity contribution in [3.8, 4) is 11.8 Å².